The zero-order valence-corrected chi connectivity index (χ0v) is 17.6. The van der Waals surface area contributed by atoms with E-state index in [1.165, 1.54) is 18.2 Å². The Morgan fingerprint density at radius 1 is 0.935 bits per heavy atom. The fraction of sp³-hybridized carbons (Fsp3) is 0.450. The van der Waals surface area contributed by atoms with E-state index in [2.05, 4.69) is 24.8 Å². The summed E-state index contributed by atoms with van der Waals surface area (Å²) in [5.74, 6) is -6.35. The van der Waals surface area contributed by atoms with Crippen molar-refractivity contribution in [3.05, 3.63) is 35.6 Å². The van der Waals surface area contributed by atoms with E-state index in [0.29, 0.717) is 0 Å². The van der Waals surface area contributed by atoms with Crippen LogP contribution >= 0.6 is 0 Å². The molecule has 2 N–H and O–H groups in total. The van der Waals surface area contributed by atoms with Gasteiger partial charge in [-0.25, -0.2) is 9.18 Å². The first-order valence-corrected chi connectivity index (χ1v) is 9.17. The SMILES string of the molecule is COC(=O)C[C@@H](C(=O)OC)[C@H](NC(=O)[C@H](Cc1ccccc1F)NC(C)=O)C(=O)OC. The Bertz CT molecular complexity index is 829. The number of esters is 3. The van der Waals surface area contributed by atoms with Crippen molar-refractivity contribution in [2.75, 3.05) is 21.3 Å². The van der Waals surface area contributed by atoms with Crippen molar-refractivity contribution in [3.8, 4) is 0 Å². The number of hydrogen-bond acceptors (Lipinski definition) is 8. The highest BCUT2D eigenvalue weighted by Gasteiger charge is 2.39. The lowest BCUT2D eigenvalue weighted by Gasteiger charge is -2.26. The van der Waals surface area contributed by atoms with Crippen LogP contribution in [0.3, 0.4) is 0 Å². The Labute approximate surface area is 178 Å². The number of ether oxygens (including phenoxy) is 3. The number of carbonyl (C=O) groups is 5. The summed E-state index contributed by atoms with van der Waals surface area (Å²) in [7, 11) is 3.16. The van der Waals surface area contributed by atoms with Gasteiger partial charge in [0.05, 0.1) is 33.7 Å². The predicted octanol–water partition coefficient (Wildman–Crippen LogP) is -0.117. The Hall–Kier alpha value is -3.50. The first-order valence-electron chi connectivity index (χ1n) is 9.17. The van der Waals surface area contributed by atoms with Gasteiger partial charge in [0.15, 0.2) is 0 Å². The summed E-state index contributed by atoms with van der Waals surface area (Å²) in [6.07, 6.45) is -0.812. The summed E-state index contributed by atoms with van der Waals surface area (Å²) in [4.78, 5) is 60.6. The van der Waals surface area contributed by atoms with E-state index in [1.54, 1.807) is 6.07 Å². The average Bonchev–Trinajstić information content (AvgIpc) is 2.75. The summed E-state index contributed by atoms with van der Waals surface area (Å²) >= 11 is 0. The van der Waals surface area contributed by atoms with Crippen LogP contribution in [-0.4, -0.2) is 63.1 Å². The van der Waals surface area contributed by atoms with Gasteiger partial charge in [-0.05, 0) is 11.6 Å². The minimum Gasteiger partial charge on any atom is -0.469 e. The summed E-state index contributed by atoms with van der Waals surface area (Å²) < 4.78 is 27.8. The first-order chi connectivity index (χ1) is 14.6. The van der Waals surface area contributed by atoms with E-state index >= 15 is 0 Å². The van der Waals surface area contributed by atoms with Crippen molar-refractivity contribution in [1.82, 2.24) is 10.6 Å². The molecule has 2 amide bonds. The standard InChI is InChI=1S/C20H25FN2O8/c1-11(24)22-15(9-12-7-5-6-8-14(12)21)18(26)23-17(20(28)31-4)13(19(27)30-3)10-16(25)29-2/h5-8,13,15,17H,9-10H2,1-4H3,(H,22,24)(H,23,26)/t13-,15+,17+/m1/s1. The quantitative estimate of drug-likeness (QED) is 0.380. The van der Waals surface area contributed by atoms with Crippen LogP contribution in [0.15, 0.2) is 24.3 Å². The van der Waals surface area contributed by atoms with Gasteiger partial charge < -0.3 is 24.8 Å². The van der Waals surface area contributed by atoms with Gasteiger partial charge in [-0.3, -0.25) is 19.2 Å². The fourth-order valence-electron chi connectivity index (χ4n) is 2.79. The van der Waals surface area contributed by atoms with Crippen LogP contribution in [0.5, 0.6) is 0 Å². The van der Waals surface area contributed by atoms with E-state index in [-0.39, 0.29) is 12.0 Å². The largest absolute Gasteiger partial charge is 0.469 e. The summed E-state index contributed by atoms with van der Waals surface area (Å²) in [5.41, 5.74) is 0.144. The lowest BCUT2D eigenvalue weighted by Crippen LogP contribution is -2.56. The maximum absolute atomic E-state index is 14.0. The molecule has 0 bridgehead atoms. The van der Waals surface area contributed by atoms with Crippen molar-refractivity contribution in [2.24, 2.45) is 5.92 Å². The Morgan fingerprint density at radius 2 is 1.55 bits per heavy atom. The lowest BCUT2D eigenvalue weighted by molar-refractivity contribution is -0.159. The van der Waals surface area contributed by atoms with Crippen LogP contribution < -0.4 is 10.6 Å². The van der Waals surface area contributed by atoms with Gasteiger partial charge in [0, 0.05) is 13.3 Å². The highest BCUT2D eigenvalue weighted by Crippen LogP contribution is 2.16. The third-order valence-electron chi connectivity index (χ3n) is 4.35. The molecule has 1 aromatic rings. The molecule has 0 heterocycles. The third kappa shape index (κ3) is 7.68. The van der Waals surface area contributed by atoms with Crippen molar-refractivity contribution in [2.45, 2.75) is 31.8 Å². The molecular weight excluding hydrogens is 415 g/mol. The van der Waals surface area contributed by atoms with Gasteiger partial charge in [0.1, 0.15) is 17.9 Å². The molecule has 0 fully saturated rings. The number of halogens is 1. The summed E-state index contributed by atoms with van der Waals surface area (Å²) in [5, 5.41) is 4.67. The predicted molar refractivity (Wildman–Crippen MR) is 104 cm³/mol. The van der Waals surface area contributed by atoms with Crippen molar-refractivity contribution in [1.29, 1.82) is 0 Å². The van der Waals surface area contributed by atoms with E-state index in [4.69, 9.17) is 0 Å². The molecule has 11 heteroatoms. The summed E-state index contributed by atoms with van der Waals surface area (Å²) in [6, 6.07) is 2.75. The number of benzene rings is 1. The number of carbonyl (C=O) groups excluding carboxylic acids is 5. The second-order valence-corrected chi connectivity index (χ2v) is 6.47. The van der Waals surface area contributed by atoms with Crippen LogP contribution in [0, 0.1) is 11.7 Å². The van der Waals surface area contributed by atoms with Crippen LogP contribution in [0.4, 0.5) is 4.39 Å². The molecule has 0 saturated carbocycles. The van der Waals surface area contributed by atoms with Crippen molar-refractivity contribution in [3.63, 3.8) is 0 Å². The number of hydrogen-bond donors (Lipinski definition) is 2. The van der Waals surface area contributed by atoms with Crippen LogP contribution in [-0.2, 0) is 44.6 Å². The third-order valence-corrected chi connectivity index (χ3v) is 4.35. The molecule has 0 aliphatic carbocycles. The molecule has 0 aliphatic heterocycles. The topological polar surface area (TPSA) is 137 Å². The average molecular weight is 440 g/mol. The monoisotopic (exact) mass is 440 g/mol. The van der Waals surface area contributed by atoms with E-state index in [1.807, 2.05) is 0 Å². The van der Waals surface area contributed by atoms with Gasteiger partial charge in [-0.2, -0.15) is 0 Å². The molecule has 0 spiro atoms. The number of nitrogens with one attached hydrogen (secondary N) is 2. The van der Waals surface area contributed by atoms with Gasteiger partial charge in [0.25, 0.3) is 0 Å². The Kier molecular flexibility index (Phi) is 10.1. The second kappa shape index (κ2) is 12.3. The molecule has 3 atom stereocenters. The van der Waals surface area contributed by atoms with Crippen LogP contribution in [0.1, 0.15) is 18.9 Å². The van der Waals surface area contributed by atoms with Gasteiger partial charge in [-0.1, -0.05) is 18.2 Å². The van der Waals surface area contributed by atoms with Crippen molar-refractivity contribution >= 4 is 29.7 Å². The van der Waals surface area contributed by atoms with Gasteiger partial charge in [-0.15, -0.1) is 0 Å². The lowest BCUT2D eigenvalue weighted by atomic mass is 9.95. The second-order valence-electron chi connectivity index (χ2n) is 6.47. The fourth-order valence-corrected chi connectivity index (χ4v) is 2.79. The molecule has 0 aliphatic rings. The molecular formula is C20H25FN2O8. The van der Waals surface area contributed by atoms with Gasteiger partial charge >= 0.3 is 17.9 Å². The van der Waals surface area contributed by atoms with E-state index in [0.717, 1.165) is 28.3 Å². The smallest absolute Gasteiger partial charge is 0.329 e. The molecule has 0 aromatic heterocycles. The minimum atomic E-state index is -1.62. The highest BCUT2D eigenvalue weighted by atomic mass is 19.1. The molecule has 0 saturated heterocycles. The first kappa shape index (κ1) is 25.5. The van der Waals surface area contributed by atoms with Crippen LogP contribution in [0.2, 0.25) is 0 Å². The molecule has 1 aromatic carbocycles. The number of amides is 2. The maximum atomic E-state index is 14.0. The Morgan fingerprint density at radius 3 is 2.06 bits per heavy atom. The normalized spacial score (nSPS) is 13.2. The molecule has 0 radical (unpaired) electrons. The molecule has 0 unspecified atom stereocenters. The molecule has 31 heavy (non-hydrogen) atoms. The van der Waals surface area contributed by atoms with Gasteiger partial charge in [0.2, 0.25) is 11.8 Å². The van der Waals surface area contributed by atoms with Crippen molar-refractivity contribution < 1.29 is 42.6 Å². The summed E-state index contributed by atoms with van der Waals surface area (Å²) in [6.45, 7) is 1.16. The zero-order valence-electron chi connectivity index (χ0n) is 17.6. The van der Waals surface area contributed by atoms with E-state index < -0.39 is 60.0 Å². The number of rotatable bonds is 10. The molecule has 170 valence electrons. The highest BCUT2D eigenvalue weighted by molar-refractivity contribution is 5.94. The van der Waals surface area contributed by atoms with E-state index in [9.17, 15) is 28.4 Å². The van der Waals surface area contributed by atoms with Crippen LogP contribution in [0.25, 0.3) is 0 Å². The zero-order chi connectivity index (χ0) is 23.6. The molecule has 10 nitrogen and oxygen atoms in total. The molecule has 1 rings (SSSR count). The number of methoxy groups -OCH3 is 3. The Balaban J connectivity index is 3.20. The maximum Gasteiger partial charge on any atom is 0.329 e. The minimum absolute atomic E-state index is 0.144.